The zero-order valence-corrected chi connectivity index (χ0v) is 16.9. The summed E-state index contributed by atoms with van der Waals surface area (Å²) in [6.45, 7) is 10.4. The summed E-state index contributed by atoms with van der Waals surface area (Å²) >= 11 is 0. The monoisotopic (exact) mass is 390 g/mol. The van der Waals surface area contributed by atoms with Crippen LogP contribution in [0.1, 0.15) is 38.3 Å². The average Bonchev–Trinajstić information content (AvgIpc) is 2.58. The zero-order chi connectivity index (χ0) is 16.1. The van der Waals surface area contributed by atoms with Gasteiger partial charge in [0.25, 0.3) is 0 Å². The molecule has 1 aromatic rings. The van der Waals surface area contributed by atoms with E-state index >= 15 is 0 Å². The van der Waals surface area contributed by atoms with Gasteiger partial charge in [-0.1, -0.05) is 12.1 Å². The molecule has 2 aliphatic rings. The summed E-state index contributed by atoms with van der Waals surface area (Å²) in [5.41, 5.74) is 1.43. The Hall–Kier alpha value is -0.520. The highest BCUT2D eigenvalue weighted by molar-refractivity contribution is 5.85. The van der Waals surface area contributed by atoms with E-state index in [0.29, 0.717) is 12.0 Å². The minimum absolute atomic E-state index is 0. The van der Waals surface area contributed by atoms with Crippen LogP contribution in [0, 0.1) is 5.92 Å². The minimum Gasteiger partial charge on any atom is -0.491 e. The van der Waals surface area contributed by atoms with Gasteiger partial charge in [0.2, 0.25) is 0 Å². The standard InChI is InChI=1S/C19H30N2O2.2ClH/c1-15(2)23-18-5-3-16(4-6-18)19(17-7-13-22-14-8-17)21-11-9-20-10-12-21;;/h3-6,15,17,19-20H,7-14H2,1-2H3;2*1H/t19-;;/m1../s1. The maximum Gasteiger partial charge on any atom is 0.119 e. The van der Waals surface area contributed by atoms with Gasteiger partial charge in [-0.25, -0.2) is 0 Å². The van der Waals surface area contributed by atoms with E-state index in [1.807, 2.05) is 0 Å². The van der Waals surface area contributed by atoms with Gasteiger partial charge < -0.3 is 14.8 Å². The summed E-state index contributed by atoms with van der Waals surface area (Å²) < 4.78 is 11.4. The molecule has 1 aromatic carbocycles. The number of rotatable bonds is 5. The summed E-state index contributed by atoms with van der Waals surface area (Å²) in [6, 6.07) is 9.29. The van der Waals surface area contributed by atoms with Crippen LogP contribution in [0.15, 0.2) is 24.3 Å². The maximum atomic E-state index is 5.80. The lowest BCUT2D eigenvalue weighted by Crippen LogP contribution is -2.47. The van der Waals surface area contributed by atoms with Crippen molar-refractivity contribution in [3.05, 3.63) is 29.8 Å². The first-order valence-electron chi connectivity index (χ1n) is 9.03. The predicted molar refractivity (Wildman–Crippen MR) is 107 cm³/mol. The fourth-order valence-electron chi connectivity index (χ4n) is 3.79. The molecular weight excluding hydrogens is 359 g/mol. The first-order chi connectivity index (χ1) is 11.2. The van der Waals surface area contributed by atoms with E-state index in [4.69, 9.17) is 9.47 Å². The van der Waals surface area contributed by atoms with E-state index in [1.165, 1.54) is 18.4 Å². The van der Waals surface area contributed by atoms with E-state index in [2.05, 4.69) is 48.3 Å². The lowest BCUT2D eigenvalue weighted by Gasteiger charge is -2.41. The average molecular weight is 391 g/mol. The largest absolute Gasteiger partial charge is 0.491 e. The van der Waals surface area contributed by atoms with Crippen LogP contribution in [-0.2, 0) is 4.74 Å². The van der Waals surface area contributed by atoms with Crippen LogP contribution >= 0.6 is 24.8 Å². The lowest BCUT2D eigenvalue weighted by molar-refractivity contribution is 0.0213. The van der Waals surface area contributed by atoms with Crippen LogP contribution in [0.25, 0.3) is 0 Å². The number of piperazine rings is 1. The molecule has 0 unspecified atom stereocenters. The van der Waals surface area contributed by atoms with E-state index in [1.54, 1.807) is 0 Å². The Kier molecular flexibility index (Phi) is 10.1. The second-order valence-electron chi connectivity index (χ2n) is 6.92. The topological polar surface area (TPSA) is 33.7 Å². The smallest absolute Gasteiger partial charge is 0.119 e. The summed E-state index contributed by atoms with van der Waals surface area (Å²) in [6.07, 6.45) is 2.55. The van der Waals surface area contributed by atoms with Crippen molar-refractivity contribution in [2.24, 2.45) is 5.92 Å². The van der Waals surface area contributed by atoms with E-state index < -0.39 is 0 Å². The Labute approximate surface area is 164 Å². The molecule has 0 aromatic heterocycles. The minimum atomic E-state index is 0. The van der Waals surface area contributed by atoms with Crippen molar-refractivity contribution in [1.29, 1.82) is 0 Å². The van der Waals surface area contributed by atoms with E-state index in [9.17, 15) is 0 Å². The molecule has 1 N–H and O–H groups in total. The third-order valence-electron chi connectivity index (χ3n) is 4.85. The van der Waals surface area contributed by atoms with Gasteiger partial charge in [0, 0.05) is 45.4 Å². The molecule has 0 spiro atoms. The summed E-state index contributed by atoms with van der Waals surface area (Å²) in [5.74, 6) is 1.66. The van der Waals surface area contributed by atoms with Crippen LogP contribution < -0.4 is 10.1 Å². The number of halogens is 2. The highest BCUT2D eigenvalue weighted by atomic mass is 35.5. The van der Waals surface area contributed by atoms with Crippen LogP contribution in [0.2, 0.25) is 0 Å². The Bertz CT molecular complexity index is 455. The van der Waals surface area contributed by atoms with Crippen molar-refractivity contribution in [3.63, 3.8) is 0 Å². The molecule has 2 aliphatic heterocycles. The number of benzene rings is 1. The van der Waals surface area contributed by atoms with Crippen molar-refractivity contribution in [1.82, 2.24) is 10.2 Å². The van der Waals surface area contributed by atoms with E-state index in [-0.39, 0.29) is 30.9 Å². The number of nitrogens with zero attached hydrogens (tertiary/aromatic N) is 1. The molecule has 2 heterocycles. The van der Waals surface area contributed by atoms with Gasteiger partial charge in [0.05, 0.1) is 6.10 Å². The van der Waals surface area contributed by atoms with Gasteiger partial charge in [-0.15, -0.1) is 24.8 Å². The maximum absolute atomic E-state index is 5.80. The van der Waals surface area contributed by atoms with Crippen molar-refractivity contribution < 1.29 is 9.47 Å². The van der Waals surface area contributed by atoms with Gasteiger partial charge in [0.15, 0.2) is 0 Å². The lowest BCUT2D eigenvalue weighted by atomic mass is 9.85. The molecule has 0 aliphatic carbocycles. The summed E-state index contributed by atoms with van der Waals surface area (Å²) in [7, 11) is 0. The molecule has 6 heteroatoms. The zero-order valence-electron chi connectivity index (χ0n) is 15.3. The van der Waals surface area contributed by atoms with E-state index in [0.717, 1.165) is 45.1 Å². The van der Waals surface area contributed by atoms with Crippen molar-refractivity contribution in [3.8, 4) is 5.75 Å². The second kappa shape index (κ2) is 11.2. The Morgan fingerprint density at radius 2 is 1.64 bits per heavy atom. The van der Waals surface area contributed by atoms with Crippen molar-refractivity contribution in [2.75, 3.05) is 39.4 Å². The molecule has 25 heavy (non-hydrogen) atoms. The van der Waals surface area contributed by atoms with Gasteiger partial charge in [0.1, 0.15) is 5.75 Å². The molecule has 1 atom stereocenters. The number of ether oxygens (including phenoxy) is 2. The summed E-state index contributed by atoms with van der Waals surface area (Å²) in [5, 5.41) is 3.47. The SMILES string of the molecule is CC(C)Oc1ccc([C@H](C2CCOCC2)N2CCNCC2)cc1.Cl.Cl. The molecule has 0 amide bonds. The normalized spacial score (nSPS) is 20.4. The second-order valence-corrected chi connectivity index (χ2v) is 6.92. The molecule has 4 nitrogen and oxygen atoms in total. The molecule has 2 fully saturated rings. The Balaban J connectivity index is 0.00000156. The highest BCUT2D eigenvalue weighted by Crippen LogP contribution is 2.36. The Morgan fingerprint density at radius 3 is 2.20 bits per heavy atom. The first kappa shape index (κ1) is 22.5. The summed E-state index contributed by atoms with van der Waals surface area (Å²) in [4.78, 5) is 2.66. The Morgan fingerprint density at radius 1 is 1.04 bits per heavy atom. The van der Waals surface area contributed by atoms with Crippen molar-refractivity contribution >= 4 is 24.8 Å². The molecule has 0 bridgehead atoms. The van der Waals surface area contributed by atoms with Crippen LogP contribution in [-0.4, -0.2) is 50.4 Å². The quantitative estimate of drug-likeness (QED) is 0.830. The number of hydrogen-bond acceptors (Lipinski definition) is 4. The van der Waals surface area contributed by atoms with Crippen LogP contribution in [0.4, 0.5) is 0 Å². The fraction of sp³-hybridized carbons (Fsp3) is 0.684. The molecule has 3 rings (SSSR count). The van der Waals surface area contributed by atoms with Crippen LogP contribution in [0.5, 0.6) is 5.75 Å². The van der Waals surface area contributed by atoms with Gasteiger partial charge >= 0.3 is 0 Å². The number of hydrogen-bond donors (Lipinski definition) is 1. The van der Waals surface area contributed by atoms with Gasteiger partial charge in [-0.3, -0.25) is 4.90 Å². The molecule has 0 radical (unpaired) electrons. The predicted octanol–water partition coefficient (Wildman–Crippen LogP) is 3.69. The number of nitrogens with one attached hydrogen (secondary N) is 1. The van der Waals surface area contributed by atoms with Gasteiger partial charge in [-0.2, -0.15) is 0 Å². The fourth-order valence-corrected chi connectivity index (χ4v) is 3.79. The third kappa shape index (κ3) is 6.30. The van der Waals surface area contributed by atoms with Crippen LogP contribution in [0.3, 0.4) is 0 Å². The molecule has 2 saturated heterocycles. The highest BCUT2D eigenvalue weighted by Gasteiger charge is 2.31. The molecule has 0 saturated carbocycles. The molecule has 144 valence electrons. The van der Waals surface area contributed by atoms with Crippen molar-refractivity contribution in [2.45, 2.75) is 38.8 Å². The third-order valence-corrected chi connectivity index (χ3v) is 4.85. The first-order valence-corrected chi connectivity index (χ1v) is 9.03. The molecular formula is C19H32Cl2N2O2. The van der Waals surface area contributed by atoms with Gasteiger partial charge in [-0.05, 0) is 50.3 Å².